The van der Waals surface area contributed by atoms with Crippen molar-refractivity contribution >= 4 is 11.6 Å². The van der Waals surface area contributed by atoms with Gasteiger partial charge in [-0.25, -0.2) is 0 Å². The van der Waals surface area contributed by atoms with Crippen LogP contribution in [0.15, 0.2) is 11.6 Å². The molecule has 12 heavy (non-hydrogen) atoms. The summed E-state index contributed by atoms with van der Waals surface area (Å²) in [7, 11) is 0. The Bertz CT molecular complexity index is 157. The van der Waals surface area contributed by atoms with Crippen LogP contribution in [0.3, 0.4) is 0 Å². The molecule has 70 valence electrons. The predicted molar refractivity (Wildman–Crippen MR) is 52.6 cm³/mol. The van der Waals surface area contributed by atoms with Crippen LogP contribution < -0.4 is 0 Å². The molecule has 1 unspecified atom stereocenters. The molecule has 1 atom stereocenters. The van der Waals surface area contributed by atoms with Gasteiger partial charge in [0.2, 0.25) is 0 Å². The molecule has 0 aromatic rings. The monoisotopic (exact) mass is 188 g/mol. The first-order valence-corrected chi connectivity index (χ1v) is 5.15. The summed E-state index contributed by atoms with van der Waals surface area (Å²) >= 11 is 5.82. The van der Waals surface area contributed by atoms with Gasteiger partial charge in [-0.1, -0.05) is 25.5 Å². The average Bonchev–Trinajstić information content (AvgIpc) is 2.51. The second kappa shape index (κ2) is 4.88. The van der Waals surface area contributed by atoms with Gasteiger partial charge in [0.1, 0.15) is 0 Å². The van der Waals surface area contributed by atoms with Crippen molar-refractivity contribution in [3.05, 3.63) is 11.6 Å². The Kier molecular flexibility index (Phi) is 4.10. The highest BCUT2D eigenvalue weighted by Crippen LogP contribution is 2.19. The smallest absolute Gasteiger partial charge is 0.0759 e. The molecule has 2 heteroatoms. The molecule has 1 nitrogen and oxygen atoms in total. The molecule has 0 aromatic heterocycles. The van der Waals surface area contributed by atoms with E-state index in [9.17, 15) is 0 Å². The van der Waals surface area contributed by atoms with Gasteiger partial charge in [-0.05, 0) is 18.8 Å². The molecular formula is C10H17ClO. The van der Waals surface area contributed by atoms with E-state index < -0.39 is 0 Å². The largest absolute Gasteiger partial charge is 0.374 e. The maximum absolute atomic E-state index is 5.82. The van der Waals surface area contributed by atoms with Gasteiger partial charge in [-0.2, -0.15) is 0 Å². The summed E-state index contributed by atoms with van der Waals surface area (Å²) in [6, 6.07) is 0. The van der Waals surface area contributed by atoms with Gasteiger partial charge in [0.25, 0.3) is 0 Å². The van der Waals surface area contributed by atoms with Crippen LogP contribution in [0.4, 0.5) is 0 Å². The standard InChI is InChI=1S/C10H17ClO/c1-8(2)9(7-11)6-10-4-3-5-12-10/h6,8,10H,3-5,7H2,1-2H3/b9-6-. The Labute approximate surface area is 79.7 Å². The first-order chi connectivity index (χ1) is 5.74. The molecule has 0 radical (unpaired) electrons. The van der Waals surface area contributed by atoms with Gasteiger partial charge in [0, 0.05) is 12.5 Å². The van der Waals surface area contributed by atoms with E-state index in [1.807, 2.05) is 0 Å². The number of allylic oxidation sites excluding steroid dienone is 1. The topological polar surface area (TPSA) is 9.23 Å². The van der Waals surface area contributed by atoms with Crippen LogP contribution in [0.25, 0.3) is 0 Å². The second-order valence-electron chi connectivity index (χ2n) is 3.58. The van der Waals surface area contributed by atoms with Crippen molar-refractivity contribution < 1.29 is 4.74 Å². The van der Waals surface area contributed by atoms with Crippen LogP contribution in [0.1, 0.15) is 26.7 Å². The van der Waals surface area contributed by atoms with Crippen molar-refractivity contribution in [2.75, 3.05) is 12.5 Å². The van der Waals surface area contributed by atoms with Gasteiger partial charge in [-0.15, -0.1) is 11.6 Å². The molecule has 1 saturated heterocycles. The van der Waals surface area contributed by atoms with E-state index in [1.165, 1.54) is 12.0 Å². The van der Waals surface area contributed by atoms with E-state index in [0.29, 0.717) is 17.9 Å². The van der Waals surface area contributed by atoms with Crippen molar-refractivity contribution in [2.24, 2.45) is 5.92 Å². The Morgan fingerprint density at radius 3 is 2.83 bits per heavy atom. The summed E-state index contributed by atoms with van der Waals surface area (Å²) in [5.41, 5.74) is 1.31. The minimum absolute atomic E-state index is 0.334. The zero-order valence-corrected chi connectivity index (χ0v) is 8.60. The van der Waals surface area contributed by atoms with E-state index >= 15 is 0 Å². The summed E-state index contributed by atoms with van der Waals surface area (Å²) < 4.78 is 5.50. The Balaban J connectivity index is 2.50. The molecule has 1 fully saturated rings. The quantitative estimate of drug-likeness (QED) is 0.489. The molecule has 0 amide bonds. The normalized spacial score (nSPS) is 25.3. The number of halogens is 1. The van der Waals surface area contributed by atoms with Gasteiger partial charge in [0.05, 0.1) is 6.10 Å². The van der Waals surface area contributed by atoms with Crippen molar-refractivity contribution in [1.82, 2.24) is 0 Å². The predicted octanol–water partition coefficient (Wildman–Crippen LogP) is 2.99. The van der Waals surface area contributed by atoms with E-state index in [1.54, 1.807) is 0 Å². The summed E-state index contributed by atoms with van der Waals surface area (Å²) in [6.45, 7) is 5.25. The molecule has 1 aliphatic heterocycles. The van der Waals surface area contributed by atoms with Gasteiger partial charge < -0.3 is 4.74 Å². The highest BCUT2D eigenvalue weighted by Gasteiger charge is 2.14. The Morgan fingerprint density at radius 1 is 1.67 bits per heavy atom. The van der Waals surface area contributed by atoms with Crippen LogP contribution in [0.5, 0.6) is 0 Å². The zero-order chi connectivity index (χ0) is 8.97. The minimum atomic E-state index is 0.334. The number of hydrogen-bond acceptors (Lipinski definition) is 1. The van der Waals surface area contributed by atoms with Crippen molar-refractivity contribution in [1.29, 1.82) is 0 Å². The average molecular weight is 189 g/mol. The van der Waals surface area contributed by atoms with Crippen LogP contribution in [0.2, 0.25) is 0 Å². The van der Waals surface area contributed by atoms with E-state index in [-0.39, 0.29) is 0 Å². The van der Waals surface area contributed by atoms with Crippen molar-refractivity contribution in [3.63, 3.8) is 0 Å². The van der Waals surface area contributed by atoms with Crippen LogP contribution in [-0.4, -0.2) is 18.6 Å². The Morgan fingerprint density at radius 2 is 2.42 bits per heavy atom. The van der Waals surface area contributed by atoms with Gasteiger partial charge >= 0.3 is 0 Å². The number of alkyl halides is 1. The van der Waals surface area contributed by atoms with Crippen molar-refractivity contribution in [2.45, 2.75) is 32.8 Å². The molecule has 0 saturated carbocycles. The maximum Gasteiger partial charge on any atom is 0.0759 e. The fourth-order valence-electron chi connectivity index (χ4n) is 1.36. The summed E-state index contributed by atoms with van der Waals surface area (Å²) in [6.07, 6.45) is 4.88. The van der Waals surface area contributed by atoms with E-state index in [0.717, 1.165) is 13.0 Å². The lowest BCUT2D eigenvalue weighted by atomic mass is 10.0. The molecule has 0 bridgehead atoms. The molecule has 1 rings (SSSR count). The van der Waals surface area contributed by atoms with Gasteiger partial charge in [-0.3, -0.25) is 0 Å². The molecule has 0 aliphatic carbocycles. The van der Waals surface area contributed by atoms with Crippen LogP contribution in [0, 0.1) is 5.92 Å². The van der Waals surface area contributed by atoms with Crippen LogP contribution >= 0.6 is 11.6 Å². The maximum atomic E-state index is 5.82. The fraction of sp³-hybridized carbons (Fsp3) is 0.800. The lowest BCUT2D eigenvalue weighted by Gasteiger charge is -2.10. The highest BCUT2D eigenvalue weighted by atomic mass is 35.5. The lowest BCUT2D eigenvalue weighted by molar-refractivity contribution is 0.144. The molecule has 0 spiro atoms. The Hall–Kier alpha value is -0.0100. The molecule has 1 heterocycles. The summed E-state index contributed by atoms with van der Waals surface area (Å²) in [5.74, 6) is 1.18. The number of rotatable bonds is 3. The SMILES string of the molecule is CC(C)/C(=C\C1CCCO1)CCl. The number of hydrogen-bond donors (Lipinski definition) is 0. The van der Waals surface area contributed by atoms with Crippen LogP contribution in [-0.2, 0) is 4.74 Å². The summed E-state index contributed by atoms with van der Waals surface area (Å²) in [4.78, 5) is 0. The van der Waals surface area contributed by atoms with E-state index in [4.69, 9.17) is 16.3 Å². The molecule has 1 aliphatic rings. The zero-order valence-electron chi connectivity index (χ0n) is 7.85. The van der Waals surface area contributed by atoms with E-state index in [2.05, 4.69) is 19.9 Å². The number of ether oxygens (including phenoxy) is 1. The fourth-order valence-corrected chi connectivity index (χ4v) is 1.76. The second-order valence-corrected chi connectivity index (χ2v) is 3.85. The first kappa shape index (κ1) is 10.1. The lowest BCUT2D eigenvalue weighted by Crippen LogP contribution is -2.05. The third-order valence-electron chi connectivity index (χ3n) is 2.26. The van der Waals surface area contributed by atoms with Gasteiger partial charge in [0.15, 0.2) is 0 Å². The highest BCUT2D eigenvalue weighted by molar-refractivity contribution is 6.19. The summed E-state index contributed by atoms with van der Waals surface area (Å²) in [5, 5.41) is 0. The molecular weight excluding hydrogens is 172 g/mol. The first-order valence-electron chi connectivity index (χ1n) is 4.62. The third kappa shape index (κ3) is 2.80. The molecule has 0 N–H and O–H groups in total. The molecule has 0 aromatic carbocycles. The minimum Gasteiger partial charge on any atom is -0.374 e. The van der Waals surface area contributed by atoms with Crippen molar-refractivity contribution in [3.8, 4) is 0 Å². The third-order valence-corrected chi connectivity index (χ3v) is 2.57.